The zero-order chi connectivity index (χ0) is 12.1. The summed E-state index contributed by atoms with van der Waals surface area (Å²) >= 11 is 0. The molecular formula is C18H26. The second kappa shape index (κ2) is 2.91. The number of fused-ring (bicyclic) bond motifs is 11. The van der Waals surface area contributed by atoms with Crippen LogP contribution >= 0.6 is 0 Å². The molecule has 4 fully saturated rings. The summed E-state index contributed by atoms with van der Waals surface area (Å²) < 4.78 is 0. The fourth-order valence-electron chi connectivity index (χ4n) is 7.92. The van der Waals surface area contributed by atoms with Crippen molar-refractivity contribution in [1.29, 1.82) is 0 Å². The standard InChI is InChI=1S/C18H26/c1-17-7-6-12(9-17)15-14-10-18(2,16(15)17)8-11-4-3-5-13(11)14/h6-7,11-16H,3-5,8-10H2,1-2H3. The molecule has 5 aliphatic rings. The van der Waals surface area contributed by atoms with Crippen LogP contribution in [0.4, 0.5) is 0 Å². The molecule has 18 heavy (non-hydrogen) atoms. The van der Waals surface area contributed by atoms with Crippen molar-refractivity contribution in [3.8, 4) is 0 Å². The molecule has 0 heteroatoms. The topological polar surface area (TPSA) is 0 Å². The maximum absolute atomic E-state index is 2.67. The predicted octanol–water partition coefficient (Wildman–Crippen LogP) is 4.66. The molecule has 0 spiro atoms. The van der Waals surface area contributed by atoms with Gasteiger partial charge in [0.05, 0.1) is 0 Å². The number of allylic oxidation sites excluding steroid dienone is 2. The maximum Gasteiger partial charge on any atom is -0.0104 e. The van der Waals surface area contributed by atoms with Gasteiger partial charge in [0.2, 0.25) is 0 Å². The Kier molecular flexibility index (Phi) is 1.70. The Morgan fingerprint density at radius 2 is 1.89 bits per heavy atom. The lowest BCUT2D eigenvalue weighted by Gasteiger charge is -2.44. The normalized spacial score (nSPS) is 67.4. The van der Waals surface area contributed by atoms with Crippen molar-refractivity contribution in [3.05, 3.63) is 12.2 Å². The molecule has 0 heterocycles. The highest BCUT2D eigenvalue weighted by Gasteiger charge is 2.68. The average Bonchev–Trinajstić information content (AvgIpc) is 3.00. The minimum Gasteiger partial charge on any atom is -0.0845 e. The molecule has 4 saturated carbocycles. The van der Waals surface area contributed by atoms with Gasteiger partial charge in [0.25, 0.3) is 0 Å². The van der Waals surface area contributed by atoms with Gasteiger partial charge in [0, 0.05) is 0 Å². The summed E-state index contributed by atoms with van der Waals surface area (Å²) in [5.74, 6) is 6.43. The van der Waals surface area contributed by atoms with Crippen LogP contribution in [-0.4, -0.2) is 0 Å². The van der Waals surface area contributed by atoms with Crippen LogP contribution in [0, 0.1) is 46.3 Å². The Hall–Kier alpha value is -0.260. The van der Waals surface area contributed by atoms with E-state index in [9.17, 15) is 0 Å². The minimum atomic E-state index is 0.581. The average molecular weight is 242 g/mol. The molecule has 8 atom stereocenters. The van der Waals surface area contributed by atoms with Crippen LogP contribution in [0.3, 0.4) is 0 Å². The summed E-state index contributed by atoms with van der Waals surface area (Å²) in [6.45, 7) is 5.24. The molecular weight excluding hydrogens is 216 g/mol. The highest BCUT2D eigenvalue weighted by atomic mass is 14.7. The van der Waals surface area contributed by atoms with Crippen molar-refractivity contribution in [1.82, 2.24) is 0 Å². The van der Waals surface area contributed by atoms with Crippen molar-refractivity contribution in [3.63, 3.8) is 0 Å². The Morgan fingerprint density at radius 1 is 1.00 bits per heavy atom. The van der Waals surface area contributed by atoms with Crippen LogP contribution < -0.4 is 0 Å². The predicted molar refractivity (Wildman–Crippen MR) is 74.0 cm³/mol. The SMILES string of the molecule is CC12C=CC(C1)C1C3CC(C)(CC4CCCC43)C12. The molecule has 0 saturated heterocycles. The van der Waals surface area contributed by atoms with Crippen LogP contribution in [0.2, 0.25) is 0 Å². The van der Waals surface area contributed by atoms with E-state index in [1.54, 1.807) is 25.7 Å². The Balaban J connectivity index is 1.64. The number of hydrogen-bond donors (Lipinski definition) is 0. The van der Waals surface area contributed by atoms with E-state index in [0.717, 1.165) is 35.5 Å². The minimum absolute atomic E-state index is 0.581. The first kappa shape index (κ1) is 10.5. The zero-order valence-corrected chi connectivity index (χ0v) is 11.9. The lowest BCUT2D eigenvalue weighted by atomic mass is 9.61. The van der Waals surface area contributed by atoms with Crippen LogP contribution in [0.5, 0.6) is 0 Å². The second-order valence-electron chi connectivity index (χ2n) is 8.87. The van der Waals surface area contributed by atoms with Gasteiger partial charge in [-0.3, -0.25) is 0 Å². The van der Waals surface area contributed by atoms with E-state index in [-0.39, 0.29) is 0 Å². The number of rotatable bonds is 0. The summed E-state index contributed by atoms with van der Waals surface area (Å²) in [5.41, 5.74) is 1.28. The smallest absolute Gasteiger partial charge is 0.0104 e. The first-order chi connectivity index (χ1) is 8.61. The molecule has 0 radical (unpaired) electrons. The number of hydrogen-bond acceptors (Lipinski definition) is 0. The van der Waals surface area contributed by atoms with Gasteiger partial charge >= 0.3 is 0 Å². The first-order valence-corrected chi connectivity index (χ1v) is 8.30. The molecule has 0 aromatic rings. The van der Waals surface area contributed by atoms with Gasteiger partial charge in [-0.25, -0.2) is 0 Å². The second-order valence-corrected chi connectivity index (χ2v) is 8.87. The Bertz CT molecular complexity index is 435. The zero-order valence-electron chi connectivity index (χ0n) is 11.9. The van der Waals surface area contributed by atoms with Crippen molar-refractivity contribution < 1.29 is 0 Å². The van der Waals surface area contributed by atoms with E-state index in [2.05, 4.69) is 26.0 Å². The summed E-state index contributed by atoms with van der Waals surface area (Å²) in [6, 6.07) is 0. The van der Waals surface area contributed by atoms with Gasteiger partial charge in [-0.15, -0.1) is 0 Å². The fraction of sp³-hybridized carbons (Fsp3) is 0.889. The third-order valence-corrected chi connectivity index (χ3v) is 7.93. The summed E-state index contributed by atoms with van der Waals surface area (Å²) in [4.78, 5) is 0. The van der Waals surface area contributed by atoms with E-state index in [4.69, 9.17) is 0 Å². The molecule has 98 valence electrons. The highest BCUT2D eigenvalue weighted by molar-refractivity contribution is 5.27. The lowest BCUT2D eigenvalue weighted by molar-refractivity contribution is 0.0663. The van der Waals surface area contributed by atoms with Gasteiger partial charge in [-0.2, -0.15) is 0 Å². The van der Waals surface area contributed by atoms with Crippen LogP contribution in [0.15, 0.2) is 12.2 Å². The largest absolute Gasteiger partial charge is 0.0845 e. The van der Waals surface area contributed by atoms with Crippen molar-refractivity contribution in [2.75, 3.05) is 0 Å². The third-order valence-electron chi connectivity index (χ3n) is 7.93. The van der Waals surface area contributed by atoms with E-state index in [1.807, 2.05) is 0 Å². The molecule has 5 aliphatic carbocycles. The summed E-state index contributed by atoms with van der Waals surface area (Å²) in [6.07, 6.45) is 14.5. The molecule has 0 aromatic carbocycles. The monoisotopic (exact) mass is 242 g/mol. The van der Waals surface area contributed by atoms with Gasteiger partial charge in [-0.1, -0.05) is 38.8 Å². The van der Waals surface area contributed by atoms with Crippen LogP contribution in [0.25, 0.3) is 0 Å². The van der Waals surface area contributed by atoms with Crippen molar-refractivity contribution in [2.45, 2.75) is 52.4 Å². The lowest BCUT2D eigenvalue weighted by Crippen LogP contribution is -2.36. The molecule has 8 unspecified atom stereocenters. The molecule has 0 aliphatic heterocycles. The Morgan fingerprint density at radius 3 is 2.78 bits per heavy atom. The molecule has 5 rings (SSSR count). The molecule has 4 bridgehead atoms. The maximum atomic E-state index is 2.67. The van der Waals surface area contributed by atoms with E-state index in [0.29, 0.717) is 10.8 Å². The van der Waals surface area contributed by atoms with Crippen molar-refractivity contribution in [2.24, 2.45) is 46.3 Å². The molecule has 0 amide bonds. The van der Waals surface area contributed by atoms with Crippen LogP contribution in [0.1, 0.15) is 52.4 Å². The van der Waals surface area contributed by atoms with E-state index in [1.165, 1.54) is 12.8 Å². The fourth-order valence-corrected chi connectivity index (χ4v) is 7.92. The van der Waals surface area contributed by atoms with E-state index < -0.39 is 0 Å². The third kappa shape index (κ3) is 0.991. The molecule has 0 N–H and O–H groups in total. The van der Waals surface area contributed by atoms with E-state index >= 15 is 0 Å². The van der Waals surface area contributed by atoms with Gasteiger partial charge in [-0.05, 0) is 72.0 Å². The Labute approximate surface area is 111 Å². The van der Waals surface area contributed by atoms with Crippen molar-refractivity contribution >= 4 is 0 Å². The van der Waals surface area contributed by atoms with Gasteiger partial charge < -0.3 is 0 Å². The van der Waals surface area contributed by atoms with Crippen LogP contribution in [-0.2, 0) is 0 Å². The van der Waals surface area contributed by atoms with Gasteiger partial charge in [0.1, 0.15) is 0 Å². The highest BCUT2D eigenvalue weighted by Crippen LogP contribution is 2.75. The summed E-state index contributed by atoms with van der Waals surface area (Å²) in [5, 5.41) is 0. The van der Waals surface area contributed by atoms with Gasteiger partial charge in [0.15, 0.2) is 0 Å². The molecule has 0 aromatic heterocycles. The quantitative estimate of drug-likeness (QED) is 0.428. The molecule has 0 nitrogen and oxygen atoms in total. The first-order valence-electron chi connectivity index (χ1n) is 8.30. The summed E-state index contributed by atoms with van der Waals surface area (Å²) in [7, 11) is 0.